The third-order valence-corrected chi connectivity index (χ3v) is 4.64. The number of nitrogens with one attached hydrogen (secondary N) is 2. The van der Waals surface area contributed by atoms with Crippen LogP contribution in [0.5, 0.6) is 5.75 Å². The van der Waals surface area contributed by atoms with E-state index in [0.717, 1.165) is 4.90 Å². The van der Waals surface area contributed by atoms with Gasteiger partial charge < -0.3 is 4.74 Å². The molecule has 1 aliphatic rings. The molecular weight excluding hydrogens is 402 g/mol. The molecule has 8 heteroatoms. The molecule has 1 saturated heterocycles. The molecule has 0 spiro atoms. The van der Waals surface area contributed by atoms with Crippen LogP contribution in [0.15, 0.2) is 53.0 Å². The van der Waals surface area contributed by atoms with Crippen molar-refractivity contribution in [1.29, 1.82) is 0 Å². The number of para-hydroxylation sites is 2. The molecule has 2 N–H and O–H groups in total. The molecule has 0 aliphatic carbocycles. The number of halogens is 1. The topological polar surface area (TPSA) is 87.7 Å². The summed E-state index contributed by atoms with van der Waals surface area (Å²) in [6.07, 6.45) is -0.0624. The summed E-state index contributed by atoms with van der Waals surface area (Å²) in [4.78, 5) is 38.2. The molecule has 0 radical (unpaired) electrons. The average Bonchev–Trinajstić information content (AvgIpc) is 2.93. The van der Waals surface area contributed by atoms with Crippen LogP contribution in [0.25, 0.3) is 0 Å². The molecule has 0 aromatic heterocycles. The van der Waals surface area contributed by atoms with Crippen LogP contribution in [0.2, 0.25) is 0 Å². The Hall–Kier alpha value is -2.71. The molecule has 26 heavy (non-hydrogen) atoms. The number of benzene rings is 2. The summed E-state index contributed by atoms with van der Waals surface area (Å²) in [6, 6.07) is 12.8. The van der Waals surface area contributed by atoms with Gasteiger partial charge in [-0.25, -0.2) is 10.3 Å². The maximum atomic E-state index is 12.6. The Kier molecular flexibility index (Phi) is 5.34. The van der Waals surface area contributed by atoms with Crippen molar-refractivity contribution in [2.75, 3.05) is 12.0 Å². The van der Waals surface area contributed by atoms with Gasteiger partial charge in [-0.05, 0) is 40.2 Å². The maximum absolute atomic E-state index is 12.6. The van der Waals surface area contributed by atoms with Gasteiger partial charge in [0.25, 0.3) is 11.8 Å². The number of anilines is 1. The van der Waals surface area contributed by atoms with Gasteiger partial charge in [-0.15, -0.1) is 0 Å². The van der Waals surface area contributed by atoms with Crippen molar-refractivity contribution in [3.63, 3.8) is 0 Å². The van der Waals surface area contributed by atoms with Gasteiger partial charge in [-0.3, -0.25) is 19.8 Å². The minimum atomic E-state index is -0.848. The number of ether oxygens (including phenoxy) is 1. The van der Waals surface area contributed by atoms with E-state index in [2.05, 4.69) is 26.8 Å². The van der Waals surface area contributed by atoms with E-state index in [1.807, 2.05) is 0 Å². The number of amides is 3. The van der Waals surface area contributed by atoms with Gasteiger partial charge in [0, 0.05) is 4.47 Å². The average molecular weight is 418 g/mol. The Morgan fingerprint density at radius 1 is 1.15 bits per heavy atom. The molecule has 0 saturated carbocycles. The normalized spacial score (nSPS) is 16.7. The first kappa shape index (κ1) is 18.1. The van der Waals surface area contributed by atoms with E-state index in [1.165, 1.54) is 7.11 Å². The van der Waals surface area contributed by atoms with E-state index in [0.29, 0.717) is 21.5 Å². The number of imide groups is 1. The smallest absolute Gasteiger partial charge is 0.266 e. The third kappa shape index (κ3) is 3.47. The highest BCUT2D eigenvalue weighted by Gasteiger charge is 2.40. The minimum absolute atomic E-state index is 0.0624. The van der Waals surface area contributed by atoms with Crippen molar-refractivity contribution in [2.24, 2.45) is 0 Å². The molecule has 3 rings (SSSR count). The summed E-state index contributed by atoms with van der Waals surface area (Å²) >= 11 is 3.30. The van der Waals surface area contributed by atoms with Gasteiger partial charge in [0.05, 0.1) is 24.8 Å². The summed E-state index contributed by atoms with van der Waals surface area (Å²) in [5.41, 5.74) is 5.93. The van der Waals surface area contributed by atoms with Crippen molar-refractivity contribution in [1.82, 2.24) is 10.9 Å². The molecule has 7 nitrogen and oxygen atoms in total. The number of rotatable bonds is 5. The summed E-state index contributed by atoms with van der Waals surface area (Å²) < 4.78 is 5.85. The van der Waals surface area contributed by atoms with Crippen LogP contribution in [0.3, 0.4) is 0 Å². The summed E-state index contributed by atoms with van der Waals surface area (Å²) in [5, 5.41) is 0. The Balaban J connectivity index is 1.71. The van der Waals surface area contributed by atoms with Crippen LogP contribution < -0.4 is 20.5 Å². The fourth-order valence-electron chi connectivity index (χ4n) is 2.68. The first-order valence-corrected chi connectivity index (χ1v) is 8.62. The first-order valence-electron chi connectivity index (χ1n) is 7.83. The molecule has 0 bridgehead atoms. The van der Waals surface area contributed by atoms with E-state index in [-0.39, 0.29) is 12.3 Å². The molecule has 134 valence electrons. The van der Waals surface area contributed by atoms with Gasteiger partial charge in [-0.2, -0.15) is 0 Å². The molecular formula is C18H16BrN3O4. The van der Waals surface area contributed by atoms with Gasteiger partial charge in [0.15, 0.2) is 0 Å². The highest BCUT2D eigenvalue weighted by Crippen LogP contribution is 2.31. The lowest BCUT2D eigenvalue weighted by atomic mass is 10.2. The largest absolute Gasteiger partial charge is 0.495 e. The van der Waals surface area contributed by atoms with Crippen molar-refractivity contribution < 1.29 is 19.1 Å². The summed E-state index contributed by atoms with van der Waals surface area (Å²) in [7, 11) is 1.47. The maximum Gasteiger partial charge on any atom is 0.266 e. The Morgan fingerprint density at radius 2 is 1.85 bits per heavy atom. The van der Waals surface area contributed by atoms with Crippen molar-refractivity contribution in [2.45, 2.75) is 12.5 Å². The number of carbonyl (C=O) groups excluding carboxylic acids is 3. The zero-order valence-electron chi connectivity index (χ0n) is 13.9. The Bertz CT molecular complexity index is 871. The second kappa shape index (κ2) is 7.67. The zero-order chi connectivity index (χ0) is 18.7. The second-order valence-electron chi connectivity index (χ2n) is 5.57. The Morgan fingerprint density at radius 3 is 2.58 bits per heavy atom. The van der Waals surface area contributed by atoms with Crippen LogP contribution in [0.4, 0.5) is 5.69 Å². The number of methoxy groups -OCH3 is 1. The van der Waals surface area contributed by atoms with Crippen LogP contribution in [0.1, 0.15) is 16.8 Å². The van der Waals surface area contributed by atoms with E-state index >= 15 is 0 Å². The SMILES string of the molecule is COc1ccccc1N1C(=O)CC(NNC(=O)c2ccccc2Br)C1=O. The van der Waals surface area contributed by atoms with Gasteiger partial charge in [-0.1, -0.05) is 24.3 Å². The van der Waals surface area contributed by atoms with Crippen molar-refractivity contribution in [3.05, 3.63) is 58.6 Å². The quantitative estimate of drug-likeness (QED) is 0.573. The monoisotopic (exact) mass is 417 g/mol. The molecule has 1 unspecified atom stereocenters. The first-order chi connectivity index (χ1) is 12.5. The molecule has 3 amide bonds. The highest BCUT2D eigenvalue weighted by atomic mass is 79.9. The number of carbonyl (C=O) groups is 3. The van der Waals surface area contributed by atoms with Crippen LogP contribution in [0, 0.1) is 0 Å². The minimum Gasteiger partial charge on any atom is -0.495 e. The van der Waals surface area contributed by atoms with E-state index < -0.39 is 17.9 Å². The second-order valence-corrected chi connectivity index (χ2v) is 6.43. The Labute approximate surface area is 158 Å². The predicted octanol–water partition coefficient (Wildman–Crippen LogP) is 2.02. The number of hydrogen-bond donors (Lipinski definition) is 2. The number of nitrogens with zero attached hydrogens (tertiary/aromatic N) is 1. The molecule has 1 heterocycles. The van der Waals surface area contributed by atoms with E-state index in [4.69, 9.17) is 4.74 Å². The molecule has 1 fully saturated rings. The highest BCUT2D eigenvalue weighted by molar-refractivity contribution is 9.10. The van der Waals surface area contributed by atoms with Crippen LogP contribution in [-0.4, -0.2) is 30.9 Å². The predicted molar refractivity (Wildman–Crippen MR) is 98.6 cm³/mol. The van der Waals surface area contributed by atoms with Crippen LogP contribution >= 0.6 is 15.9 Å². The molecule has 2 aromatic carbocycles. The standard InChI is InChI=1S/C18H16BrN3O4/c1-26-15-9-5-4-8-14(15)22-16(23)10-13(18(22)25)20-21-17(24)11-6-2-3-7-12(11)19/h2-9,13,20H,10H2,1H3,(H,21,24). The lowest BCUT2D eigenvalue weighted by molar-refractivity contribution is -0.121. The lowest BCUT2D eigenvalue weighted by Gasteiger charge is -2.18. The van der Waals surface area contributed by atoms with Crippen LogP contribution in [-0.2, 0) is 9.59 Å². The lowest BCUT2D eigenvalue weighted by Crippen LogP contribution is -2.48. The third-order valence-electron chi connectivity index (χ3n) is 3.95. The molecule has 1 atom stereocenters. The van der Waals surface area contributed by atoms with E-state index in [9.17, 15) is 14.4 Å². The van der Waals surface area contributed by atoms with Gasteiger partial charge in [0.2, 0.25) is 5.91 Å². The summed E-state index contributed by atoms with van der Waals surface area (Å²) in [6.45, 7) is 0. The number of hydrogen-bond acceptors (Lipinski definition) is 5. The van der Waals surface area contributed by atoms with Gasteiger partial charge >= 0.3 is 0 Å². The molecule has 1 aliphatic heterocycles. The zero-order valence-corrected chi connectivity index (χ0v) is 15.4. The fourth-order valence-corrected chi connectivity index (χ4v) is 3.14. The molecule has 2 aromatic rings. The van der Waals surface area contributed by atoms with Crippen molar-refractivity contribution in [3.8, 4) is 5.75 Å². The number of hydrazine groups is 1. The summed E-state index contributed by atoms with van der Waals surface area (Å²) in [5.74, 6) is -0.806. The fraction of sp³-hybridized carbons (Fsp3) is 0.167. The van der Waals surface area contributed by atoms with Gasteiger partial charge in [0.1, 0.15) is 11.8 Å². The van der Waals surface area contributed by atoms with Crippen molar-refractivity contribution >= 4 is 39.3 Å². The van der Waals surface area contributed by atoms with E-state index in [1.54, 1.807) is 48.5 Å².